The molecule has 3 rings (SSSR count). The third-order valence-electron chi connectivity index (χ3n) is 4.64. The van der Waals surface area contributed by atoms with Gasteiger partial charge in [0.1, 0.15) is 11.6 Å². The predicted octanol–water partition coefficient (Wildman–Crippen LogP) is 3.93. The van der Waals surface area contributed by atoms with E-state index in [0.29, 0.717) is 16.8 Å². The van der Waals surface area contributed by atoms with Gasteiger partial charge in [-0.25, -0.2) is 8.78 Å². The van der Waals surface area contributed by atoms with E-state index < -0.39 is 29.2 Å². The van der Waals surface area contributed by atoms with E-state index in [2.05, 4.69) is 0 Å². The molecule has 0 aromatic heterocycles. The first-order chi connectivity index (χ1) is 11.8. The van der Waals surface area contributed by atoms with E-state index in [9.17, 15) is 18.7 Å². The third kappa shape index (κ3) is 2.92. The number of halogens is 3. The topological polar surface area (TPSA) is 40.5 Å². The fraction of sp³-hybridized carbons (Fsp3) is 0.316. The van der Waals surface area contributed by atoms with Crippen molar-refractivity contribution in [3.8, 4) is 0 Å². The zero-order valence-electron chi connectivity index (χ0n) is 13.8. The molecule has 1 aliphatic heterocycles. The standard InChI is InChI=1S/C19H18ClF2NO2/c1-19(2)14-7-6-13(22)9-15(14)23(18(19)25)17(16(24)10-20)11-4-3-5-12(21)8-11/h3-9,16-17,24H,10H2,1-2H3. The molecule has 0 aliphatic carbocycles. The lowest BCUT2D eigenvalue weighted by atomic mass is 9.86. The van der Waals surface area contributed by atoms with E-state index in [4.69, 9.17) is 11.6 Å². The molecule has 6 heteroatoms. The zero-order chi connectivity index (χ0) is 18.4. The molecule has 0 spiro atoms. The zero-order valence-corrected chi connectivity index (χ0v) is 14.6. The molecule has 1 heterocycles. The van der Waals surface area contributed by atoms with Crippen molar-refractivity contribution in [1.29, 1.82) is 0 Å². The number of hydrogen-bond donors (Lipinski definition) is 1. The molecular weight excluding hydrogens is 348 g/mol. The maximum absolute atomic E-state index is 13.8. The van der Waals surface area contributed by atoms with Crippen molar-refractivity contribution < 1.29 is 18.7 Å². The van der Waals surface area contributed by atoms with E-state index in [1.807, 2.05) is 0 Å². The van der Waals surface area contributed by atoms with Crippen LogP contribution in [-0.2, 0) is 10.2 Å². The number of rotatable bonds is 4. The van der Waals surface area contributed by atoms with Gasteiger partial charge in [0.2, 0.25) is 5.91 Å². The fourth-order valence-corrected chi connectivity index (χ4v) is 3.52. The van der Waals surface area contributed by atoms with Crippen molar-refractivity contribution in [2.45, 2.75) is 31.4 Å². The first kappa shape index (κ1) is 17.8. The van der Waals surface area contributed by atoms with Crippen LogP contribution in [0.15, 0.2) is 42.5 Å². The largest absolute Gasteiger partial charge is 0.389 e. The molecule has 0 radical (unpaired) electrons. The number of fused-ring (bicyclic) bond motifs is 1. The Morgan fingerprint density at radius 1 is 1.16 bits per heavy atom. The van der Waals surface area contributed by atoms with Gasteiger partial charge in [0.25, 0.3) is 0 Å². The SMILES string of the molecule is CC1(C)C(=O)N(C(c2cccc(F)c2)C(O)CCl)c2cc(F)ccc21. The van der Waals surface area contributed by atoms with Gasteiger partial charge >= 0.3 is 0 Å². The fourth-order valence-electron chi connectivity index (χ4n) is 3.35. The molecule has 0 saturated carbocycles. The second-order valence-corrected chi connectivity index (χ2v) is 6.99. The van der Waals surface area contributed by atoms with E-state index in [0.717, 1.165) is 0 Å². The smallest absolute Gasteiger partial charge is 0.237 e. The Kier molecular flexibility index (Phi) is 4.56. The minimum atomic E-state index is -1.14. The van der Waals surface area contributed by atoms with Crippen LogP contribution >= 0.6 is 11.6 Å². The highest BCUT2D eigenvalue weighted by Crippen LogP contribution is 2.46. The summed E-state index contributed by atoms with van der Waals surface area (Å²) in [7, 11) is 0. The quantitative estimate of drug-likeness (QED) is 0.834. The van der Waals surface area contributed by atoms with Gasteiger partial charge in [-0.1, -0.05) is 18.2 Å². The second kappa shape index (κ2) is 6.39. The van der Waals surface area contributed by atoms with Gasteiger partial charge in [0.15, 0.2) is 0 Å². The molecule has 2 atom stereocenters. The Hall–Kier alpha value is -1.98. The molecule has 2 aromatic rings. The summed E-state index contributed by atoms with van der Waals surface area (Å²) in [5.74, 6) is -1.44. The van der Waals surface area contributed by atoms with E-state index in [-0.39, 0.29) is 11.8 Å². The minimum absolute atomic E-state index is 0.157. The van der Waals surface area contributed by atoms with Crippen molar-refractivity contribution in [2.24, 2.45) is 0 Å². The molecule has 1 amide bonds. The highest BCUT2D eigenvalue weighted by molar-refractivity contribution is 6.18. The van der Waals surface area contributed by atoms with E-state index in [1.165, 1.54) is 35.2 Å². The number of carbonyl (C=O) groups excluding carboxylic acids is 1. The second-order valence-electron chi connectivity index (χ2n) is 6.68. The number of aliphatic hydroxyl groups is 1. The molecule has 2 aromatic carbocycles. The Morgan fingerprint density at radius 2 is 1.84 bits per heavy atom. The van der Waals surface area contributed by atoms with Crippen LogP contribution in [-0.4, -0.2) is 23.0 Å². The van der Waals surface area contributed by atoms with Gasteiger partial charge in [0, 0.05) is 0 Å². The van der Waals surface area contributed by atoms with E-state index >= 15 is 0 Å². The van der Waals surface area contributed by atoms with Crippen LogP contribution < -0.4 is 4.90 Å². The molecule has 1 N–H and O–H groups in total. The summed E-state index contributed by atoms with van der Waals surface area (Å²) in [6.07, 6.45) is -1.14. The van der Waals surface area contributed by atoms with Crippen LogP contribution in [0, 0.1) is 11.6 Å². The van der Waals surface area contributed by atoms with Crippen LogP contribution in [0.3, 0.4) is 0 Å². The van der Waals surface area contributed by atoms with Crippen molar-refractivity contribution in [1.82, 2.24) is 0 Å². The van der Waals surface area contributed by atoms with Crippen molar-refractivity contribution in [2.75, 3.05) is 10.8 Å². The monoisotopic (exact) mass is 365 g/mol. The van der Waals surface area contributed by atoms with Crippen LogP contribution in [0.2, 0.25) is 0 Å². The molecule has 0 bridgehead atoms. The number of hydrogen-bond acceptors (Lipinski definition) is 2. The molecule has 1 aliphatic rings. The molecule has 0 fully saturated rings. The maximum atomic E-state index is 13.8. The van der Waals surface area contributed by atoms with Crippen molar-refractivity contribution >= 4 is 23.2 Å². The van der Waals surface area contributed by atoms with Crippen LogP contribution in [0.1, 0.15) is 31.0 Å². The molecule has 2 unspecified atom stereocenters. The van der Waals surface area contributed by atoms with Gasteiger partial charge < -0.3 is 10.0 Å². The van der Waals surface area contributed by atoms with Gasteiger partial charge in [-0.15, -0.1) is 11.6 Å². The number of amides is 1. The summed E-state index contributed by atoms with van der Waals surface area (Å²) in [5.41, 5.74) is 0.533. The first-order valence-electron chi connectivity index (χ1n) is 7.90. The number of benzene rings is 2. The number of aliphatic hydroxyl groups excluding tert-OH is 1. The lowest BCUT2D eigenvalue weighted by molar-refractivity contribution is -0.123. The molecule has 0 saturated heterocycles. The van der Waals surface area contributed by atoms with Gasteiger partial charge in [-0.05, 0) is 49.2 Å². The number of anilines is 1. The third-order valence-corrected chi connectivity index (χ3v) is 4.95. The number of nitrogens with zero attached hydrogens (tertiary/aromatic N) is 1. The van der Waals surface area contributed by atoms with Gasteiger partial charge in [-0.2, -0.15) is 0 Å². The number of alkyl halides is 1. The highest BCUT2D eigenvalue weighted by atomic mass is 35.5. The van der Waals surface area contributed by atoms with Gasteiger partial charge in [0.05, 0.1) is 29.1 Å². The highest BCUT2D eigenvalue weighted by Gasteiger charge is 2.48. The Labute approximate surface area is 149 Å². The summed E-state index contributed by atoms with van der Waals surface area (Å²) >= 11 is 5.84. The van der Waals surface area contributed by atoms with Crippen LogP contribution in [0.25, 0.3) is 0 Å². The molecular formula is C19H18ClF2NO2. The van der Waals surface area contributed by atoms with Gasteiger partial charge in [-0.3, -0.25) is 4.79 Å². The molecule has 132 valence electrons. The van der Waals surface area contributed by atoms with Crippen LogP contribution in [0.4, 0.5) is 14.5 Å². The average Bonchev–Trinajstić information content (AvgIpc) is 2.75. The Balaban J connectivity index is 2.20. The Morgan fingerprint density at radius 3 is 2.48 bits per heavy atom. The summed E-state index contributed by atoms with van der Waals surface area (Å²) in [5, 5.41) is 10.5. The normalized spacial score (nSPS) is 18.2. The van der Waals surface area contributed by atoms with Crippen LogP contribution in [0.5, 0.6) is 0 Å². The van der Waals surface area contributed by atoms with Crippen molar-refractivity contribution in [3.05, 3.63) is 65.2 Å². The summed E-state index contributed by atoms with van der Waals surface area (Å²) in [6, 6.07) is 8.84. The first-order valence-corrected chi connectivity index (χ1v) is 8.44. The summed E-state index contributed by atoms with van der Waals surface area (Å²) in [4.78, 5) is 14.4. The number of carbonyl (C=O) groups is 1. The summed E-state index contributed by atoms with van der Waals surface area (Å²) < 4.78 is 27.6. The predicted molar refractivity (Wildman–Crippen MR) is 92.8 cm³/mol. The lowest BCUT2D eigenvalue weighted by Crippen LogP contribution is -2.43. The molecule has 25 heavy (non-hydrogen) atoms. The van der Waals surface area contributed by atoms with E-state index in [1.54, 1.807) is 26.0 Å². The molecule has 3 nitrogen and oxygen atoms in total. The lowest BCUT2D eigenvalue weighted by Gasteiger charge is -2.33. The Bertz CT molecular complexity index is 825. The summed E-state index contributed by atoms with van der Waals surface area (Å²) in [6.45, 7) is 3.48. The average molecular weight is 366 g/mol. The van der Waals surface area contributed by atoms with Crippen molar-refractivity contribution in [3.63, 3.8) is 0 Å². The minimum Gasteiger partial charge on any atom is -0.389 e. The maximum Gasteiger partial charge on any atom is 0.237 e.